The third-order valence-electron chi connectivity index (χ3n) is 2.65. The summed E-state index contributed by atoms with van der Waals surface area (Å²) >= 11 is 1.46. The number of nitrogens with two attached hydrogens (primary N) is 1. The zero-order valence-electron chi connectivity index (χ0n) is 8.44. The van der Waals surface area contributed by atoms with E-state index in [1.165, 1.54) is 22.1 Å². The monoisotopic (exact) mass is 227 g/mol. The van der Waals surface area contributed by atoms with E-state index in [-0.39, 0.29) is 5.91 Å². The van der Waals surface area contributed by atoms with Crippen LogP contribution in [0.4, 0.5) is 0 Å². The predicted octanol–water partition coefficient (Wildman–Crippen LogP) is 3.15. The van der Waals surface area contributed by atoms with Gasteiger partial charge in [-0.1, -0.05) is 36.4 Å². The first-order chi connectivity index (χ1) is 7.75. The summed E-state index contributed by atoms with van der Waals surface area (Å²) in [4.78, 5) is 11.8. The minimum Gasteiger partial charge on any atom is -0.365 e. The molecule has 3 heteroatoms. The van der Waals surface area contributed by atoms with Crippen molar-refractivity contribution in [2.24, 2.45) is 5.73 Å². The van der Waals surface area contributed by atoms with E-state index in [2.05, 4.69) is 18.2 Å². The summed E-state index contributed by atoms with van der Waals surface area (Å²) in [7, 11) is 0. The molecule has 78 valence electrons. The van der Waals surface area contributed by atoms with Crippen molar-refractivity contribution in [1.82, 2.24) is 0 Å². The van der Waals surface area contributed by atoms with Crippen LogP contribution in [0, 0.1) is 0 Å². The number of rotatable bonds is 1. The lowest BCUT2D eigenvalue weighted by Gasteiger charge is -1.97. The summed E-state index contributed by atoms with van der Waals surface area (Å²) in [5, 5.41) is 3.45. The Hall–Kier alpha value is -1.87. The van der Waals surface area contributed by atoms with Gasteiger partial charge in [0, 0.05) is 4.70 Å². The first-order valence-corrected chi connectivity index (χ1v) is 5.78. The van der Waals surface area contributed by atoms with Gasteiger partial charge in [-0.3, -0.25) is 4.79 Å². The molecule has 0 saturated heterocycles. The van der Waals surface area contributed by atoms with E-state index in [1.807, 2.05) is 24.3 Å². The Bertz CT molecular complexity index is 699. The Labute approximate surface area is 96.3 Å². The van der Waals surface area contributed by atoms with Crippen LogP contribution in [-0.4, -0.2) is 5.91 Å². The molecule has 0 saturated carbocycles. The van der Waals surface area contributed by atoms with Gasteiger partial charge in [0.05, 0.1) is 4.88 Å². The van der Waals surface area contributed by atoms with Crippen molar-refractivity contribution >= 4 is 38.1 Å². The highest BCUT2D eigenvalue weighted by molar-refractivity contribution is 7.21. The number of benzene rings is 2. The van der Waals surface area contributed by atoms with Crippen LogP contribution in [0.1, 0.15) is 9.67 Å². The minimum atomic E-state index is -0.356. The number of thiophene rings is 1. The number of carbonyl (C=O) groups is 1. The molecule has 1 heterocycles. The van der Waals surface area contributed by atoms with Crippen molar-refractivity contribution in [3.05, 3.63) is 47.3 Å². The summed E-state index contributed by atoms with van der Waals surface area (Å²) in [5.74, 6) is -0.356. The third-order valence-corrected chi connectivity index (χ3v) is 3.85. The van der Waals surface area contributed by atoms with Gasteiger partial charge in [-0.15, -0.1) is 11.3 Å². The summed E-state index contributed by atoms with van der Waals surface area (Å²) in [6, 6.07) is 14.1. The van der Waals surface area contributed by atoms with E-state index in [4.69, 9.17) is 5.73 Å². The SMILES string of the molecule is NC(=O)c1cc2ccc3ccccc3c2s1. The molecule has 0 unspecified atom stereocenters. The molecule has 2 nitrogen and oxygen atoms in total. The molecule has 0 atom stereocenters. The molecule has 0 aliphatic carbocycles. The quantitative estimate of drug-likeness (QED) is 0.681. The van der Waals surface area contributed by atoms with Crippen LogP contribution in [0.2, 0.25) is 0 Å². The second kappa shape index (κ2) is 3.32. The van der Waals surface area contributed by atoms with Crippen LogP contribution in [0.25, 0.3) is 20.9 Å². The minimum absolute atomic E-state index is 0.356. The molecule has 1 amide bonds. The molecule has 16 heavy (non-hydrogen) atoms. The van der Waals surface area contributed by atoms with Crippen molar-refractivity contribution in [2.45, 2.75) is 0 Å². The van der Waals surface area contributed by atoms with E-state index in [9.17, 15) is 4.79 Å². The van der Waals surface area contributed by atoms with Gasteiger partial charge in [-0.05, 0) is 22.2 Å². The Balaban J connectivity index is 2.46. The highest BCUT2D eigenvalue weighted by atomic mass is 32.1. The average Bonchev–Trinajstić information content (AvgIpc) is 2.73. The van der Waals surface area contributed by atoms with Crippen molar-refractivity contribution in [3.8, 4) is 0 Å². The highest BCUT2D eigenvalue weighted by Gasteiger charge is 2.08. The molecule has 3 rings (SSSR count). The lowest BCUT2D eigenvalue weighted by atomic mass is 10.1. The fraction of sp³-hybridized carbons (Fsp3) is 0. The Kier molecular flexibility index (Phi) is 1.94. The number of fused-ring (bicyclic) bond motifs is 3. The fourth-order valence-corrected chi connectivity index (χ4v) is 2.94. The number of primary amides is 1. The number of amides is 1. The van der Waals surface area contributed by atoms with Crippen LogP contribution < -0.4 is 5.73 Å². The first-order valence-electron chi connectivity index (χ1n) is 4.97. The maximum atomic E-state index is 11.1. The average molecular weight is 227 g/mol. The van der Waals surface area contributed by atoms with Gasteiger partial charge in [0.15, 0.2) is 0 Å². The molecule has 3 aromatic rings. The molecule has 1 aromatic heterocycles. The largest absolute Gasteiger partial charge is 0.365 e. The summed E-state index contributed by atoms with van der Waals surface area (Å²) in [5.41, 5.74) is 5.29. The van der Waals surface area contributed by atoms with E-state index in [1.54, 1.807) is 0 Å². The molecule has 0 radical (unpaired) electrons. The molecule has 2 aromatic carbocycles. The zero-order valence-corrected chi connectivity index (χ0v) is 9.25. The zero-order chi connectivity index (χ0) is 11.1. The van der Waals surface area contributed by atoms with E-state index in [0.717, 1.165) is 10.1 Å². The second-order valence-electron chi connectivity index (χ2n) is 3.68. The van der Waals surface area contributed by atoms with Gasteiger partial charge in [0.25, 0.3) is 5.91 Å². The maximum Gasteiger partial charge on any atom is 0.258 e. The topological polar surface area (TPSA) is 43.1 Å². The molecule has 0 aliphatic rings. The molecule has 0 bridgehead atoms. The van der Waals surface area contributed by atoms with E-state index < -0.39 is 0 Å². The molecule has 0 fully saturated rings. The number of carbonyl (C=O) groups excluding carboxylic acids is 1. The van der Waals surface area contributed by atoms with E-state index >= 15 is 0 Å². The smallest absolute Gasteiger partial charge is 0.258 e. The first kappa shape index (κ1) is 9.36. The lowest BCUT2D eigenvalue weighted by Crippen LogP contribution is -2.07. The summed E-state index contributed by atoms with van der Waals surface area (Å²) < 4.78 is 1.13. The number of hydrogen-bond donors (Lipinski definition) is 1. The predicted molar refractivity (Wildman–Crippen MR) is 67.8 cm³/mol. The third kappa shape index (κ3) is 1.29. The van der Waals surface area contributed by atoms with Gasteiger partial charge in [0.2, 0.25) is 0 Å². The van der Waals surface area contributed by atoms with Crippen molar-refractivity contribution in [1.29, 1.82) is 0 Å². The van der Waals surface area contributed by atoms with Gasteiger partial charge in [-0.25, -0.2) is 0 Å². The van der Waals surface area contributed by atoms with Crippen LogP contribution in [-0.2, 0) is 0 Å². The Morgan fingerprint density at radius 3 is 2.62 bits per heavy atom. The standard InChI is InChI=1S/C13H9NOS/c14-13(15)11-7-9-6-5-8-3-1-2-4-10(8)12(9)16-11/h1-7H,(H2,14,15). The van der Waals surface area contributed by atoms with Gasteiger partial charge < -0.3 is 5.73 Å². The van der Waals surface area contributed by atoms with Crippen LogP contribution >= 0.6 is 11.3 Å². The maximum absolute atomic E-state index is 11.1. The molecule has 2 N–H and O–H groups in total. The normalized spacial score (nSPS) is 11.0. The second-order valence-corrected chi connectivity index (χ2v) is 4.73. The van der Waals surface area contributed by atoms with Crippen LogP contribution in [0.15, 0.2) is 42.5 Å². The van der Waals surface area contributed by atoms with Crippen molar-refractivity contribution in [3.63, 3.8) is 0 Å². The highest BCUT2D eigenvalue weighted by Crippen LogP contribution is 2.32. The van der Waals surface area contributed by atoms with Crippen molar-refractivity contribution < 1.29 is 4.79 Å². The van der Waals surface area contributed by atoms with Crippen molar-refractivity contribution in [2.75, 3.05) is 0 Å². The van der Waals surface area contributed by atoms with Gasteiger partial charge >= 0.3 is 0 Å². The van der Waals surface area contributed by atoms with Crippen LogP contribution in [0.3, 0.4) is 0 Å². The molecular weight excluding hydrogens is 218 g/mol. The van der Waals surface area contributed by atoms with E-state index in [0.29, 0.717) is 4.88 Å². The molecular formula is C13H9NOS. The van der Waals surface area contributed by atoms with Crippen LogP contribution in [0.5, 0.6) is 0 Å². The van der Waals surface area contributed by atoms with Gasteiger partial charge in [-0.2, -0.15) is 0 Å². The Morgan fingerprint density at radius 2 is 1.81 bits per heavy atom. The summed E-state index contributed by atoms with van der Waals surface area (Å²) in [6.45, 7) is 0. The molecule has 0 aliphatic heterocycles. The Morgan fingerprint density at radius 1 is 1.06 bits per heavy atom. The lowest BCUT2D eigenvalue weighted by molar-refractivity contribution is 0.100. The summed E-state index contributed by atoms with van der Waals surface area (Å²) in [6.07, 6.45) is 0. The van der Waals surface area contributed by atoms with Gasteiger partial charge in [0.1, 0.15) is 0 Å². The fourth-order valence-electron chi connectivity index (χ4n) is 1.89. The number of hydrogen-bond acceptors (Lipinski definition) is 2. The molecule has 0 spiro atoms.